The van der Waals surface area contributed by atoms with Gasteiger partial charge in [0.15, 0.2) is 0 Å². The fraction of sp³-hybridized carbons (Fsp3) is 0.462. The molecule has 1 aromatic carbocycles. The Labute approximate surface area is 110 Å². The van der Waals surface area contributed by atoms with E-state index in [1.807, 2.05) is 25.1 Å². The van der Waals surface area contributed by atoms with E-state index in [-0.39, 0.29) is 11.4 Å². The minimum Gasteiger partial charge on any atom is -0.347 e. The Hall–Kier alpha value is -0.580. The summed E-state index contributed by atoms with van der Waals surface area (Å²) < 4.78 is 1.17. The van der Waals surface area contributed by atoms with Gasteiger partial charge in [0, 0.05) is 14.7 Å². The van der Waals surface area contributed by atoms with Gasteiger partial charge in [-0.2, -0.15) is 0 Å². The fourth-order valence-corrected chi connectivity index (χ4v) is 2.70. The Morgan fingerprint density at radius 2 is 2.12 bits per heavy atom. The maximum Gasteiger partial charge on any atom is 0.251 e. The first-order valence-corrected chi connectivity index (χ1v) is 6.67. The second kappa shape index (κ2) is 4.35. The summed E-state index contributed by atoms with van der Waals surface area (Å²) >= 11 is 2.26. The molecule has 0 bridgehead atoms. The second-order valence-electron chi connectivity index (χ2n) is 4.83. The minimum absolute atomic E-state index is 0.0342. The van der Waals surface area contributed by atoms with E-state index in [4.69, 9.17) is 0 Å². The van der Waals surface area contributed by atoms with E-state index in [9.17, 15) is 4.79 Å². The molecule has 1 aliphatic rings. The second-order valence-corrected chi connectivity index (χ2v) is 6.07. The summed E-state index contributed by atoms with van der Waals surface area (Å²) in [5.41, 5.74) is 1.88. The molecule has 86 valence electrons. The zero-order valence-electron chi connectivity index (χ0n) is 9.64. The quantitative estimate of drug-likeness (QED) is 0.829. The van der Waals surface area contributed by atoms with Crippen LogP contribution in [-0.4, -0.2) is 11.4 Å². The van der Waals surface area contributed by atoms with Crippen molar-refractivity contribution >= 4 is 28.5 Å². The van der Waals surface area contributed by atoms with Crippen molar-refractivity contribution < 1.29 is 4.79 Å². The lowest BCUT2D eigenvalue weighted by Gasteiger charge is -2.39. The Morgan fingerprint density at radius 1 is 1.44 bits per heavy atom. The first-order chi connectivity index (χ1) is 7.50. The zero-order valence-corrected chi connectivity index (χ0v) is 11.8. The molecule has 0 radical (unpaired) electrons. The Morgan fingerprint density at radius 3 is 2.62 bits per heavy atom. The molecule has 0 spiro atoms. The van der Waals surface area contributed by atoms with Crippen LogP contribution in [0.25, 0.3) is 0 Å². The predicted molar refractivity (Wildman–Crippen MR) is 73.6 cm³/mol. The van der Waals surface area contributed by atoms with Crippen molar-refractivity contribution in [3.8, 4) is 0 Å². The van der Waals surface area contributed by atoms with Gasteiger partial charge in [-0.05, 0) is 79.5 Å². The molecule has 16 heavy (non-hydrogen) atoms. The van der Waals surface area contributed by atoms with Gasteiger partial charge in [0.05, 0.1) is 0 Å². The molecule has 2 nitrogen and oxygen atoms in total. The first kappa shape index (κ1) is 11.9. The summed E-state index contributed by atoms with van der Waals surface area (Å²) in [6.07, 6.45) is 3.42. The number of benzene rings is 1. The highest BCUT2D eigenvalue weighted by atomic mass is 127. The molecule has 1 N–H and O–H groups in total. The van der Waals surface area contributed by atoms with Gasteiger partial charge in [-0.3, -0.25) is 4.79 Å². The molecule has 1 aliphatic carbocycles. The van der Waals surface area contributed by atoms with E-state index in [2.05, 4.69) is 34.8 Å². The Kier molecular flexibility index (Phi) is 3.24. The van der Waals surface area contributed by atoms with Gasteiger partial charge in [-0.15, -0.1) is 0 Å². The molecule has 1 fully saturated rings. The molecule has 3 heteroatoms. The van der Waals surface area contributed by atoms with Crippen LogP contribution >= 0.6 is 22.6 Å². The van der Waals surface area contributed by atoms with Crippen molar-refractivity contribution in [1.82, 2.24) is 5.32 Å². The van der Waals surface area contributed by atoms with E-state index in [1.54, 1.807) is 0 Å². The van der Waals surface area contributed by atoms with E-state index >= 15 is 0 Å². The molecule has 1 amide bonds. The SMILES string of the molecule is Cc1cc(I)ccc1C(=O)NC1(C)CCC1. The molecule has 0 aromatic heterocycles. The third kappa shape index (κ3) is 2.39. The van der Waals surface area contributed by atoms with Gasteiger partial charge in [0.1, 0.15) is 0 Å². The number of carbonyl (C=O) groups excluding carboxylic acids is 1. The lowest BCUT2D eigenvalue weighted by Crippen LogP contribution is -2.51. The van der Waals surface area contributed by atoms with E-state index in [0.717, 1.165) is 24.0 Å². The largest absolute Gasteiger partial charge is 0.347 e. The lowest BCUT2D eigenvalue weighted by molar-refractivity contribution is 0.0850. The average molecular weight is 329 g/mol. The predicted octanol–water partition coefficient (Wildman–Crippen LogP) is 3.27. The topological polar surface area (TPSA) is 29.1 Å². The highest BCUT2D eigenvalue weighted by molar-refractivity contribution is 14.1. The maximum atomic E-state index is 12.1. The fourth-order valence-electron chi connectivity index (χ4n) is 2.06. The third-order valence-corrected chi connectivity index (χ3v) is 3.98. The van der Waals surface area contributed by atoms with Crippen molar-refractivity contribution in [1.29, 1.82) is 0 Å². The van der Waals surface area contributed by atoms with Crippen LogP contribution in [0.3, 0.4) is 0 Å². The normalized spacial score (nSPS) is 17.7. The summed E-state index contributed by atoms with van der Waals surface area (Å²) in [5.74, 6) is 0.0658. The molecule has 0 atom stereocenters. The molecule has 0 unspecified atom stereocenters. The molecule has 0 aliphatic heterocycles. The van der Waals surface area contributed by atoms with E-state index in [0.29, 0.717) is 0 Å². The highest BCUT2D eigenvalue weighted by Crippen LogP contribution is 2.31. The van der Waals surface area contributed by atoms with Crippen molar-refractivity contribution in [3.63, 3.8) is 0 Å². The summed E-state index contributed by atoms with van der Waals surface area (Å²) in [5, 5.41) is 3.13. The summed E-state index contributed by atoms with van der Waals surface area (Å²) in [4.78, 5) is 12.1. The molecule has 1 saturated carbocycles. The van der Waals surface area contributed by atoms with Gasteiger partial charge in [-0.25, -0.2) is 0 Å². The molecule has 0 saturated heterocycles. The number of amides is 1. The number of hydrogen-bond donors (Lipinski definition) is 1. The number of nitrogens with one attached hydrogen (secondary N) is 1. The van der Waals surface area contributed by atoms with Crippen molar-refractivity contribution in [2.45, 2.75) is 38.6 Å². The molecular weight excluding hydrogens is 313 g/mol. The number of rotatable bonds is 2. The van der Waals surface area contributed by atoms with Gasteiger partial charge < -0.3 is 5.32 Å². The average Bonchev–Trinajstić information content (AvgIpc) is 2.14. The summed E-state index contributed by atoms with van der Waals surface area (Å²) in [6, 6.07) is 5.93. The van der Waals surface area contributed by atoms with Crippen molar-refractivity contribution in [3.05, 3.63) is 32.9 Å². The zero-order chi connectivity index (χ0) is 11.8. The monoisotopic (exact) mass is 329 g/mol. The van der Waals surface area contributed by atoms with Crippen molar-refractivity contribution in [2.24, 2.45) is 0 Å². The van der Waals surface area contributed by atoms with Gasteiger partial charge in [-0.1, -0.05) is 0 Å². The first-order valence-electron chi connectivity index (χ1n) is 5.59. The van der Waals surface area contributed by atoms with Crippen LogP contribution in [0, 0.1) is 10.5 Å². The molecule has 2 rings (SSSR count). The van der Waals surface area contributed by atoms with Gasteiger partial charge in [0.2, 0.25) is 0 Å². The smallest absolute Gasteiger partial charge is 0.251 e. The van der Waals surface area contributed by atoms with Gasteiger partial charge in [0.25, 0.3) is 5.91 Å². The summed E-state index contributed by atoms with van der Waals surface area (Å²) in [6.45, 7) is 4.11. The third-order valence-electron chi connectivity index (χ3n) is 3.31. The highest BCUT2D eigenvalue weighted by Gasteiger charge is 2.33. The maximum absolute atomic E-state index is 12.1. The molecular formula is C13H16INO. The van der Waals surface area contributed by atoms with Crippen molar-refractivity contribution in [2.75, 3.05) is 0 Å². The molecule has 1 aromatic rings. The van der Waals surface area contributed by atoms with Gasteiger partial charge >= 0.3 is 0 Å². The number of aryl methyl sites for hydroxylation is 1. The van der Waals surface area contributed by atoms with Crippen LogP contribution in [0.1, 0.15) is 42.1 Å². The molecule has 0 heterocycles. The number of halogens is 1. The Bertz CT molecular complexity index is 424. The van der Waals surface area contributed by atoms with Crippen LogP contribution in [-0.2, 0) is 0 Å². The number of hydrogen-bond acceptors (Lipinski definition) is 1. The minimum atomic E-state index is 0.0342. The van der Waals surface area contributed by atoms with E-state index in [1.165, 1.54) is 9.99 Å². The van der Waals surface area contributed by atoms with Crippen LogP contribution in [0.2, 0.25) is 0 Å². The van der Waals surface area contributed by atoms with Crippen LogP contribution < -0.4 is 5.32 Å². The standard InChI is InChI=1S/C13H16INO/c1-9-8-10(14)4-5-11(9)12(16)15-13(2)6-3-7-13/h4-5,8H,3,6-7H2,1-2H3,(H,15,16). The van der Waals surface area contributed by atoms with E-state index < -0.39 is 0 Å². The summed E-state index contributed by atoms with van der Waals surface area (Å²) in [7, 11) is 0. The van der Waals surface area contributed by atoms with Crippen LogP contribution in [0.15, 0.2) is 18.2 Å². The Balaban J connectivity index is 2.14. The van der Waals surface area contributed by atoms with Crippen LogP contribution in [0.5, 0.6) is 0 Å². The lowest BCUT2D eigenvalue weighted by atomic mass is 9.78. The van der Waals surface area contributed by atoms with Crippen LogP contribution in [0.4, 0.5) is 0 Å². The number of carbonyl (C=O) groups is 1.